The second-order valence-electron chi connectivity index (χ2n) is 17.3. The van der Waals surface area contributed by atoms with Gasteiger partial charge < -0.3 is 19.3 Å². The summed E-state index contributed by atoms with van der Waals surface area (Å²) in [6.07, 6.45) is 6.58. The van der Waals surface area contributed by atoms with E-state index in [2.05, 4.69) is 193 Å². The molecule has 0 radical (unpaired) electrons. The smallest absolute Gasteiger partial charge is 0.335 e. The molecule has 0 atom stereocenters. The summed E-state index contributed by atoms with van der Waals surface area (Å²) in [5.41, 5.74) is 7.95. The second-order valence-corrected chi connectivity index (χ2v) is 17.3. The monoisotopic (exact) mass is 902 g/mol. The second kappa shape index (κ2) is 17.3. The van der Waals surface area contributed by atoms with Crippen LogP contribution >= 0.6 is 0 Å². The fraction of sp³-hybridized carbons (Fsp3) is 0. The molecule has 12 aromatic rings. The Balaban J connectivity index is 0.884. The molecule has 0 spiro atoms. The average Bonchev–Trinajstić information content (AvgIpc) is 3.41. The molecule has 0 aliphatic heterocycles. The van der Waals surface area contributed by atoms with Gasteiger partial charge in [0.25, 0.3) is 0 Å². The molecule has 0 aromatic heterocycles. The minimum atomic E-state index is -0.504. The van der Waals surface area contributed by atoms with E-state index in [1.165, 1.54) is 53.9 Å². The third-order valence-electron chi connectivity index (χ3n) is 13.2. The van der Waals surface area contributed by atoms with Gasteiger partial charge in [0, 0.05) is 45.7 Å². The summed E-state index contributed by atoms with van der Waals surface area (Å²) in [6, 6.07) is 71.6. The van der Waals surface area contributed by atoms with E-state index in [1.807, 2.05) is 48.5 Å². The first kappa shape index (κ1) is 41.9. The molecular weight excluding hydrogens is 861 g/mol. The van der Waals surface area contributed by atoms with Crippen LogP contribution in [0.5, 0.6) is 11.5 Å². The van der Waals surface area contributed by atoms with Crippen molar-refractivity contribution in [1.82, 2.24) is 0 Å². The minimum absolute atomic E-state index is 0.445. The van der Waals surface area contributed by atoms with Crippen molar-refractivity contribution in [2.45, 2.75) is 0 Å². The van der Waals surface area contributed by atoms with Crippen molar-refractivity contribution in [2.24, 2.45) is 0 Å². The molecule has 0 N–H and O–H groups in total. The highest BCUT2D eigenvalue weighted by Gasteiger charge is 2.21. The molecule has 0 saturated carbocycles. The van der Waals surface area contributed by atoms with Gasteiger partial charge >= 0.3 is 11.9 Å². The Hall–Kier alpha value is -9.52. The predicted octanol–water partition coefficient (Wildman–Crippen LogP) is 16.8. The molecule has 6 heteroatoms. The maximum absolute atomic E-state index is 12.0. The molecule has 12 rings (SSSR count). The van der Waals surface area contributed by atoms with Crippen molar-refractivity contribution in [2.75, 3.05) is 9.80 Å². The number of esters is 2. The molecule has 12 aromatic carbocycles. The Bertz CT molecular complexity index is 3710. The zero-order valence-corrected chi connectivity index (χ0v) is 37.9. The summed E-state index contributed by atoms with van der Waals surface area (Å²) >= 11 is 0. The number of hydrogen-bond acceptors (Lipinski definition) is 6. The lowest BCUT2D eigenvalue weighted by atomic mass is 9.93. The number of hydrogen-bond donors (Lipinski definition) is 0. The Morgan fingerprint density at radius 3 is 0.986 bits per heavy atom. The molecule has 6 nitrogen and oxygen atoms in total. The lowest BCUT2D eigenvalue weighted by Gasteiger charge is -2.28. The normalized spacial score (nSPS) is 11.6. The molecule has 70 heavy (non-hydrogen) atoms. The van der Waals surface area contributed by atoms with Crippen molar-refractivity contribution >= 4 is 123 Å². The fourth-order valence-electron chi connectivity index (χ4n) is 9.99. The Morgan fingerprint density at radius 2 is 0.643 bits per heavy atom. The van der Waals surface area contributed by atoms with E-state index in [-0.39, 0.29) is 0 Å². The average molecular weight is 903 g/mol. The molecule has 0 aliphatic carbocycles. The number of rotatable bonds is 12. The van der Waals surface area contributed by atoms with Gasteiger partial charge in [-0.3, -0.25) is 0 Å². The van der Waals surface area contributed by atoms with Crippen molar-refractivity contribution in [1.29, 1.82) is 0 Å². The van der Waals surface area contributed by atoms with E-state index < -0.39 is 11.9 Å². The van der Waals surface area contributed by atoms with E-state index in [4.69, 9.17) is 9.47 Å². The quantitative estimate of drug-likeness (QED) is 0.0400. The zero-order valence-electron chi connectivity index (χ0n) is 37.9. The van der Waals surface area contributed by atoms with Crippen LogP contribution in [0.4, 0.5) is 34.1 Å². The Morgan fingerprint density at radius 1 is 0.343 bits per heavy atom. The van der Waals surface area contributed by atoms with E-state index in [0.717, 1.165) is 68.2 Å². The highest BCUT2D eigenvalue weighted by Crippen LogP contribution is 2.46. The molecule has 0 unspecified atom stereocenters. The maximum Gasteiger partial charge on any atom is 0.335 e. The van der Waals surface area contributed by atoms with Crippen molar-refractivity contribution < 1.29 is 19.1 Å². The van der Waals surface area contributed by atoms with Crippen LogP contribution in [0.15, 0.2) is 232 Å². The van der Waals surface area contributed by atoms with Gasteiger partial charge in [-0.05, 0) is 150 Å². The van der Waals surface area contributed by atoms with Gasteiger partial charge in [-0.1, -0.05) is 147 Å². The summed E-state index contributed by atoms with van der Waals surface area (Å²) < 4.78 is 10.9. The Labute approximate surface area is 404 Å². The molecule has 0 saturated heterocycles. The molecular formula is C64H42N2O4. The number of ether oxygens (including phenoxy) is 2. The highest BCUT2D eigenvalue weighted by molar-refractivity contribution is 6.27. The lowest BCUT2D eigenvalue weighted by molar-refractivity contribution is -0.129. The van der Waals surface area contributed by atoms with Crippen molar-refractivity contribution in [3.63, 3.8) is 0 Å². The van der Waals surface area contributed by atoms with Crippen LogP contribution in [0.2, 0.25) is 0 Å². The molecule has 0 heterocycles. The first-order valence-corrected chi connectivity index (χ1v) is 23.1. The van der Waals surface area contributed by atoms with Gasteiger partial charge in [0.2, 0.25) is 0 Å². The van der Waals surface area contributed by atoms with E-state index in [1.54, 1.807) is 0 Å². The largest absolute Gasteiger partial charge is 0.423 e. The van der Waals surface area contributed by atoms with Crippen LogP contribution in [0, 0.1) is 0 Å². The van der Waals surface area contributed by atoms with Crippen LogP contribution in [0.25, 0.3) is 76.8 Å². The van der Waals surface area contributed by atoms with E-state index in [0.29, 0.717) is 11.5 Å². The van der Waals surface area contributed by atoms with Crippen molar-refractivity contribution in [3.8, 4) is 11.5 Å². The molecule has 0 bridgehead atoms. The first-order chi connectivity index (χ1) is 34.4. The molecule has 332 valence electrons. The molecule has 0 amide bonds. The third-order valence-corrected chi connectivity index (χ3v) is 13.2. The van der Waals surface area contributed by atoms with Crippen LogP contribution in [0.1, 0.15) is 11.1 Å². The van der Waals surface area contributed by atoms with Gasteiger partial charge in [-0.15, -0.1) is 0 Å². The third kappa shape index (κ3) is 7.41. The predicted molar refractivity (Wildman–Crippen MR) is 290 cm³/mol. The SMILES string of the molecule is C=CC(=O)Oc1ccc(N(c2ccc(C=Cc3ccc(N(c4ccc(OC(=O)C=C)cc4)c4ccc5ccc6cccc7ccc4c5c67)cc3)cc2)c2ccc3ccc4cccc5ccc2c3c45)cc1. The summed E-state index contributed by atoms with van der Waals surface area (Å²) in [6.45, 7) is 7.08. The number of anilines is 6. The highest BCUT2D eigenvalue weighted by atomic mass is 16.5. The fourth-order valence-corrected chi connectivity index (χ4v) is 9.99. The first-order valence-electron chi connectivity index (χ1n) is 23.1. The molecule has 0 fully saturated rings. The Kier molecular flexibility index (Phi) is 10.3. The van der Waals surface area contributed by atoms with Gasteiger partial charge in [0.15, 0.2) is 0 Å². The van der Waals surface area contributed by atoms with Crippen molar-refractivity contribution in [3.05, 3.63) is 243 Å². The van der Waals surface area contributed by atoms with Crippen LogP contribution in [-0.2, 0) is 9.59 Å². The summed E-state index contributed by atoms with van der Waals surface area (Å²) in [5, 5.41) is 14.4. The lowest BCUT2D eigenvalue weighted by Crippen LogP contribution is -2.11. The summed E-state index contributed by atoms with van der Waals surface area (Å²) in [7, 11) is 0. The van der Waals surface area contributed by atoms with Gasteiger partial charge in [-0.25, -0.2) is 9.59 Å². The zero-order chi connectivity index (χ0) is 47.3. The van der Waals surface area contributed by atoms with Gasteiger partial charge in [-0.2, -0.15) is 0 Å². The number of carbonyl (C=O) groups excluding carboxylic acids is 2. The van der Waals surface area contributed by atoms with Crippen LogP contribution in [0.3, 0.4) is 0 Å². The number of nitrogens with zero attached hydrogens (tertiary/aromatic N) is 2. The summed E-state index contributed by atoms with van der Waals surface area (Å²) in [4.78, 5) is 28.6. The number of benzene rings is 12. The summed E-state index contributed by atoms with van der Waals surface area (Å²) in [5.74, 6) is -0.120. The topological polar surface area (TPSA) is 59.1 Å². The van der Waals surface area contributed by atoms with E-state index >= 15 is 0 Å². The van der Waals surface area contributed by atoms with E-state index in [9.17, 15) is 9.59 Å². The van der Waals surface area contributed by atoms with Crippen LogP contribution < -0.4 is 19.3 Å². The maximum atomic E-state index is 12.0. The van der Waals surface area contributed by atoms with Crippen LogP contribution in [-0.4, -0.2) is 11.9 Å². The molecule has 0 aliphatic rings. The number of carbonyl (C=O) groups is 2. The van der Waals surface area contributed by atoms with Gasteiger partial charge in [0.05, 0.1) is 11.4 Å². The minimum Gasteiger partial charge on any atom is -0.423 e. The van der Waals surface area contributed by atoms with Gasteiger partial charge in [0.1, 0.15) is 11.5 Å². The standard InChI is InChI=1S/C64H42N2O4/c1-3-59(67)69-53-33-29-51(30-34-53)65(57-39-23-47-19-17-43-7-5-9-45-21-37-55(57)63(47)61(43)45)49-25-13-41(14-26-49)11-12-42-15-27-50(28-16-42)66(52-31-35-54(36-32-52)70-60(68)4-2)58-40-24-48-20-18-44-8-6-10-46-22-38-56(58)64(48)62(44)46/h3-40H,1-2H2.